The molecular formula is C14H18N4OS2. The van der Waals surface area contributed by atoms with Crippen molar-refractivity contribution in [3.63, 3.8) is 0 Å². The number of imidazole rings is 1. The van der Waals surface area contributed by atoms with Gasteiger partial charge < -0.3 is 9.88 Å². The standard InChI is InChI=1S/C14H18N4OS2/c1-18-9-8-15-14(18)20-11-4-2-10(3-5-11)17-13(19)12-6-7-16-21-12/h6-11H,2-5H2,1H3,(H,17,19). The highest BCUT2D eigenvalue weighted by atomic mass is 32.2. The van der Waals surface area contributed by atoms with E-state index in [9.17, 15) is 4.79 Å². The number of hydrogen-bond donors (Lipinski definition) is 1. The van der Waals surface area contributed by atoms with Crippen LogP contribution in [0.2, 0.25) is 0 Å². The van der Waals surface area contributed by atoms with Crippen molar-refractivity contribution in [1.29, 1.82) is 0 Å². The van der Waals surface area contributed by atoms with E-state index in [0.717, 1.165) is 30.8 Å². The minimum atomic E-state index is 0.0118. The van der Waals surface area contributed by atoms with Crippen LogP contribution in [0.5, 0.6) is 0 Å². The van der Waals surface area contributed by atoms with E-state index in [4.69, 9.17) is 0 Å². The second kappa shape index (κ2) is 6.62. The Morgan fingerprint density at radius 1 is 1.38 bits per heavy atom. The Bertz CT molecular complexity index is 588. The normalized spacial score (nSPS) is 22.1. The molecule has 1 aliphatic carbocycles. The summed E-state index contributed by atoms with van der Waals surface area (Å²) in [6, 6.07) is 2.06. The summed E-state index contributed by atoms with van der Waals surface area (Å²) in [5.74, 6) is 0.0118. The molecule has 0 spiro atoms. The molecule has 0 atom stereocenters. The van der Waals surface area contributed by atoms with Gasteiger partial charge in [0.15, 0.2) is 5.16 Å². The molecular weight excluding hydrogens is 304 g/mol. The lowest BCUT2D eigenvalue weighted by Gasteiger charge is -2.28. The van der Waals surface area contributed by atoms with E-state index in [-0.39, 0.29) is 11.9 Å². The van der Waals surface area contributed by atoms with Crippen molar-refractivity contribution in [2.45, 2.75) is 42.1 Å². The summed E-state index contributed by atoms with van der Waals surface area (Å²) in [6.45, 7) is 0. The highest BCUT2D eigenvalue weighted by molar-refractivity contribution is 7.99. The quantitative estimate of drug-likeness (QED) is 0.940. The van der Waals surface area contributed by atoms with Gasteiger partial charge in [-0.25, -0.2) is 9.36 Å². The van der Waals surface area contributed by atoms with Gasteiger partial charge in [0.05, 0.1) is 0 Å². The van der Waals surface area contributed by atoms with E-state index in [1.165, 1.54) is 11.5 Å². The Kier molecular flexibility index (Phi) is 4.60. The van der Waals surface area contributed by atoms with Gasteiger partial charge in [-0.05, 0) is 43.3 Å². The van der Waals surface area contributed by atoms with Crippen molar-refractivity contribution >= 4 is 29.2 Å². The summed E-state index contributed by atoms with van der Waals surface area (Å²) in [4.78, 5) is 17.1. The highest BCUT2D eigenvalue weighted by Gasteiger charge is 2.24. The Hall–Kier alpha value is -1.34. The van der Waals surface area contributed by atoms with Gasteiger partial charge in [0.2, 0.25) is 0 Å². The molecule has 7 heteroatoms. The number of thioether (sulfide) groups is 1. The van der Waals surface area contributed by atoms with Crippen molar-refractivity contribution in [3.8, 4) is 0 Å². The molecule has 1 aliphatic rings. The molecule has 5 nitrogen and oxygen atoms in total. The van der Waals surface area contributed by atoms with Gasteiger partial charge >= 0.3 is 0 Å². The number of nitrogens with one attached hydrogen (secondary N) is 1. The smallest absolute Gasteiger partial charge is 0.263 e. The Morgan fingerprint density at radius 2 is 2.19 bits per heavy atom. The van der Waals surface area contributed by atoms with Crippen LogP contribution in [0.1, 0.15) is 35.4 Å². The minimum absolute atomic E-state index is 0.0118. The number of aromatic nitrogens is 3. The number of aryl methyl sites for hydroxylation is 1. The molecule has 0 aliphatic heterocycles. The summed E-state index contributed by atoms with van der Waals surface area (Å²) in [7, 11) is 2.02. The average Bonchev–Trinajstić information content (AvgIpc) is 3.14. The molecule has 0 unspecified atom stereocenters. The van der Waals surface area contributed by atoms with Crippen LogP contribution < -0.4 is 5.32 Å². The van der Waals surface area contributed by atoms with Crippen molar-refractivity contribution < 1.29 is 4.79 Å². The SMILES string of the molecule is Cn1ccnc1SC1CCC(NC(=O)c2ccns2)CC1. The maximum atomic E-state index is 12.0. The van der Waals surface area contributed by atoms with E-state index in [0.29, 0.717) is 10.1 Å². The molecule has 2 aromatic rings. The van der Waals surface area contributed by atoms with Gasteiger partial charge in [-0.3, -0.25) is 4.79 Å². The van der Waals surface area contributed by atoms with E-state index in [1.54, 1.807) is 12.3 Å². The minimum Gasteiger partial charge on any atom is -0.349 e. The third kappa shape index (κ3) is 3.65. The first-order valence-electron chi connectivity index (χ1n) is 7.08. The molecule has 2 heterocycles. The number of rotatable bonds is 4. The first kappa shape index (κ1) is 14.6. The highest BCUT2D eigenvalue weighted by Crippen LogP contribution is 2.32. The number of carbonyl (C=O) groups excluding carboxylic acids is 1. The number of nitrogens with zero attached hydrogens (tertiary/aromatic N) is 3. The molecule has 1 N–H and O–H groups in total. The average molecular weight is 322 g/mol. The molecule has 0 saturated heterocycles. The topological polar surface area (TPSA) is 59.8 Å². The third-order valence-corrected chi connectivity index (χ3v) is 5.87. The fourth-order valence-electron chi connectivity index (χ4n) is 2.53. The molecule has 1 amide bonds. The summed E-state index contributed by atoms with van der Waals surface area (Å²) in [5, 5.41) is 4.79. The second-order valence-electron chi connectivity index (χ2n) is 5.26. The van der Waals surface area contributed by atoms with Crippen LogP contribution in [0, 0.1) is 0 Å². The van der Waals surface area contributed by atoms with Crippen molar-refractivity contribution in [1.82, 2.24) is 19.2 Å². The van der Waals surface area contributed by atoms with Crippen molar-refractivity contribution in [3.05, 3.63) is 29.5 Å². The van der Waals surface area contributed by atoms with Crippen LogP contribution in [0.3, 0.4) is 0 Å². The number of carbonyl (C=O) groups is 1. The Balaban J connectivity index is 1.47. The van der Waals surface area contributed by atoms with Crippen LogP contribution in [0.25, 0.3) is 0 Å². The van der Waals surface area contributed by atoms with Gasteiger partial charge in [-0.1, -0.05) is 11.8 Å². The van der Waals surface area contributed by atoms with Gasteiger partial charge in [0.1, 0.15) is 4.88 Å². The zero-order chi connectivity index (χ0) is 14.7. The lowest BCUT2D eigenvalue weighted by molar-refractivity contribution is 0.0932. The van der Waals surface area contributed by atoms with E-state index < -0.39 is 0 Å². The molecule has 0 radical (unpaired) electrons. The molecule has 1 saturated carbocycles. The van der Waals surface area contributed by atoms with Gasteiger partial charge in [-0.15, -0.1) is 0 Å². The lowest BCUT2D eigenvalue weighted by atomic mass is 9.95. The molecule has 2 aromatic heterocycles. The van der Waals surface area contributed by atoms with Crippen molar-refractivity contribution in [2.24, 2.45) is 7.05 Å². The van der Waals surface area contributed by atoms with Crippen molar-refractivity contribution in [2.75, 3.05) is 0 Å². The number of amides is 1. The van der Waals surface area contributed by atoms with Crippen LogP contribution in [-0.4, -0.2) is 31.1 Å². The monoisotopic (exact) mass is 322 g/mol. The summed E-state index contributed by atoms with van der Waals surface area (Å²) in [6.07, 6.45) is 9.78. The molecule has 3 rings (SSSR count). The molecule has 1 fully saturated rings. The summed E-state index contributed by atoms with van der Waals surface area (Å²) in [5.41, 5.74) is 0. The first-order chi connectivity index (χ1) is 10.2. The predicted octanol–water partition coefficient (Wildman–Crippen LogP) is 2.71. The zero-order valence-electron chi connectivity index (χ0n) is 11.9. The molecule has 112 valence electrons. The third-order valence-electron chi connectivity index (χ3n) is 3.72. The largest absolute Gasteiger partial charge is 0.349 e. The van der Waals surface area contributed by atoms with Crippen LogP contribution in [0.15, 0.2) is 29.8 Å². The van der Waals surface area contributed by atoms with Crippen LogP contribution in [-0.2, 0) is 7.05 Å². The van der Waals surface area contributed by atoms with Gasteiger partial charge in [-0.2, -0.15) is 0 Å². The zero-order valence-corrected chi connectivity index (χ0v) is 13.5. The molecule has 21 heavy (non-hydrogen) atoms. The second-order valence-corrected chi connectivity index (χ2v) is 7.36. The fraction of sp³-hybridized carbons (Fsp3) is 0.500. The fourth-order valence-corrected chi connectivity index (χ4v) is 4.18. The van der Waals surface area contributed by atoms with Gasteiger partial charge in [0.25, 0.3) is 5.91 Å². The van der Waals surface area contributed by atoms with Crippen LogP contribution in [0.4, 0.5) is 0 Å². The Morgan fingerprint density at radius 3 is 2.81 bits per heavy atom. The lowest BCUT2D eigenvalue weighted by Crippen LogP contribution is -2.37. The maximum Gasteiger partial charge on any atom is 0.263 e. The number of hydrogen-bond acceptors (Lipinski definition) is 5. The van der Waals surface area contributed by atoms with Gasteiger partial charge in [0, 0.05) is 36.9 Å². The van der Waals surface area contributed by atoms with Crippen LogP contribution >= 0.6 is 23.3 Å². The van der Waals surface area contributed by atoms with E-state index in [1.807, 2.05) is 31.2 Å². The molecule has 0 aromatic carbocycles. The predicted molar refractivity (Wildman–Crippen MR) is 84.7 cm³/mol. The Labute approximate surface area is 132 Å². The van der Waals surface area contributed by atoms with E-state index in [2.05, 4.69) is 19.2 Å². The summed E-state index contributed by atoms with van der Waals surface area (Å²) >= 11 is 3.10. The first-order valence-corrected chi connectivity index (χ1v) is 8.73. The molecule has 0 bridgehead atoms. The van der Waals surface area contributed by atoms with E-state index >= 15 is 0 Å². The maximum absolute atomic E-state index is 12.0. The summed E-state index contributed by atoms with van der Waals surface area (Å²) < 4.78 is 6.02.